The van der Waals surface area contributed by atoms with E-state index in [2.05, 4.69) is 16.0 Å². The Balaban J connectivity index is 1.74. The van der Waals surface area contributed by atoms with Gasteiger partial charge in [0.2, 0.25) is 5.91 Å². The topological polar surface area (TPSA) is 70.2 Å². The van der Waals surface area contributed by atoms with Gasteiger partial charge >= 0.3 is 6.18 Å². The first-order valence-corrected chi connectivity index (χ1v) is 11.2. The highest BCUT2D eigenvalue weighted by Crippen LogP contribution is 2.31. The van der Waals surface area contributed by atoms with Crippen molar-refractivity contribution in [2.45, 2.75) is 64.8 Å². The zero-order chi connectivity index (χ0) is 23.7. The maximum atomic E-state index is 13.0. The Kier molecular flexibility index (Phi) is 9.93. The third-order valence-corrected chi connectivity index (χ3v) is 5.99. The number of benzene rings is 1. The van der Waals surface area contributed by atoms with Gasteiger partial charge in [0.15, 0.2) is 0 Å². The standard InChI is InChI=1S/C23H33F4N3O2/c1-3-15(2)30-21(31)14-28-12-16-4-6-17(7-5-16)13-29-22(32)19-8-18(11-24)9-20(10-19)23(25,26)27/h8-10,15-17,28H,3-7,11-14H2,1-2H3,(H,29,32)(H,30,31). The number of amides is 2. The summed E-state index contributed by atoms with van der Waals surface area (Å²) in [7, 11) is 0. The van der Waals surface area contributed by atoms with Crippen molar-refractivity contribution in [3.8, 4) is 0 Å². The minimum absolute atomic E-state index is 0.0127. The lowest BCUT2D eigenvalue weighted by atomic mass is 9.82. The molecule has 1 aliphatic carbocycles. The molecule has 0 spiro atoms. The highest BCUT2D eigenvalue weighted by molar-refractivity contribution is 5.94. The normalized spacial score (nSPS) is 19.9. The zero-order valence-electron chi connectivity index (χ0n) is 18.7. The lowest BCUT2D eigenvalue weighted by Gasteiger charge is -2.29. The number of rotatable bonds is 10. The Morgan fingerprint density at radius 1 is 1.06 bits per heavy atom. The van der Waals surface area contributed by atoms with Crippen LogP contribution in [-0.4, -0.2) is 37.5 Å². The number of nitrogens with one attached hydrogen (secondary N) is 3. The Hall–Kier alpha value is -2.16. The van der Waals surface area contributed by atoms with E-state index in [4.69, 9.17) is 0 Å². The van der Waals surface area contributed by atoms with Crippen molar-refractivity contribution in [2.24, 2.45) is 11.8 Å². The first-order valence-electron chi connectivity index (χ1n) is 11.2. The molecular formula is C23H33F4N3O2. The van der Waals surface area contributed by atoms with Crippen molar-refractivity contribution in [1.82, 2.24) is 16.0 Å². The minimum Gasteiger partial charge on any atom is -0.353 e. The van der Waals surface area contributed by atoms with Gasteiger partial charge in [0.1, 0.15) is 6.67 Å². The molecule has 1 unspecified atom stereocenters. The van der Waals surface area contributed by atoms with Crippen molar-refractivity contribution in [2.75, 3.05) is 19.6 Å². The van der Waals surface area contributed by atoms with Crippen LogP contribution in [0, 0.1) is 11.8 Å². The third-order valence-electron chi connectivity index (χ3n) is 5.99. The molecule has 1 aromatic carbocycles. The summed E-state index contributed by atoms with van der Waals surface area (Å²) in [4.78, 5) is 24.1. The van der Waals surface area contributed by atoms with Gasteiger partial charge in [0.25, 0.3) is 5.91 Å². The molecule has 1 fully saturated rings. The second kappa shape index (κ2) is 12.2. The highest BCUT2D eigenvalue weighted by Gasteiger charge is 2.32. The van der Waals surface area contributed by atoms with E-state index >= 15 is 0 Å². The second-order valence-corrected chi connectivity index (χ2v) is 8.65. The fraction of sp³-hybridized carbons (Fsp3) is 0.652. The maximum absolute atomic E-state index is 13.0. The van der Waals surface area contributed by atoms with Gasteiger partial charge in [-0.15, -0.1) is 0 Å². The lowest BCUT2D eigenvalue weighted by molar-refractivity contribution is -0.137. The molecule has 1 aromatic rings. The van der Waals surface area contributed by atoms with Crippen LogP contribution >= 0.6 is 0 Å². The van der Waals surface area contributed by atoms with Crippen LogP contribution in [0.3, 0.4) is 0 Å². The summed E-state index contributed by atoms with van der Waals surface area (Å²) in [5.41, 5.74) is -1.37. The number of halogens is 4. The van der Waals surface area contributed by atoms with E-state index in [0.29, 0.717) is 12.5 Å². The van der Waals surface area contributed by atoms with Gasteiger partial charge in [0, 0.05) is 18.2 Å². The van der Waals surface area contributed by atoms with Crippen LogP contribution in [0.1, 0.15) is 67.4 Å². The second-order valence-electron chi connectivity index (χ2n) is 8.65. The van der Waals surface area contributed by atoms with Gasteiger partial charge in [-0.25, -0.2) is 4.39 Å². The van der Waals surface area contributed by atoms with E-state index in [1.807, 2.05) is 13.8 Å². The molecule has 3 N–H and O–H groups in total. The summed E-state index contributed by atoms with van der Waals surface area (Å²) in [5.74, 6) is 0.0624. The summed E-state index contributed by atoms with van der Waals surface area (Å²) in [6, 6.07) is 2.80. The average Bonchev–Trinajstić information content (AvgIpc) is 2.77. The highest BCUT2D eigenvalue weighted by atomic mass is 19.4. The Morgan fingerprint density at radius 3 is 2.25 bits per heavy atom. The smallest absolute Gasteiger partial charge is 0.353 e. The SMILES string of the molecule is CCC(C)NC(=O)CNCC1CCC(CNC(=O)c2cc(CF)cc(C(F)(F)F)c2)CC1. The Morgan fingerprint density at radius 2 is 1.69 bits per heavy atom. The molecule has 9 heteroatoms. The molecule has 0 aromatic heterocycles. The molecule has 0 heterocycles. The zero-order valence-corrected chi connectivity index (χ0v) is 18.7. The van der Waals surface area contributed by atoms with Gasteiger partial charge in [0.05, 0.1) is 12.1 Å². The summed E-state index contributed by atoms with van der Waals surface area (Å²) in [5, 5.41) is 8.80. The molecule has 2 rings (SSSR count). The third kappa shape index (κ3) is 8.41. The summed E-state index contributed by atoms with van der Waals surface area (Å²) >= 11 is 0. The van der Waals surface area contributed by atoms with Crippen LogP contribution in [0.15, 0.2) is 18.2 Å². The van der Waals surface area contributed by atoms with E-state index < -0.39 is 24.3 Å². The molecule has 0 radical (unpaired) electrons. The first-order chi connectivity index (χ1) is 15.1. The number of carbonyl (C=O) groups excluding carboxylic acids is 2. The van der Waals surface area contributed by atoms with Crippen molar-refractivity contribution >= 4 is 11.8 Å². The van der Waals surface area contributed by atoms with Crippen molar-refractivity contribution in [1.29, 1.82) is 0 Å². The molecule has 5 nitrogen and oxygen atoms in total. The number of carbonyl (C=O) groups is 2. The minimum atomic E-state index is -4.64. The van der Waals surface area contributed by atoms with Gasteiger partial charge in [-0.1, -0.05) is 6.92 Å². The van der Waals surface area contributed by atoms with Crippen molar-refractivity contribution in [3.63, 3.8) is 0 Å². The fourth-order valence-corrected chi connectivity index (χ4v) is 3.86. The van der Waals surface area contributed by atoms with E-state index in [1.165, 1.54) is 0 Å². The summed E-state index contributed by atoms with van der Waals surface area (Å²) in [6.07, 6.45) is -0.0567. The van der Waals surface area contributed by atoms with Crippen LogP contribution in [-0.2, 0) is 17.6 Å². The van der Waals surface area contributed by atoms with Crippen LogP contribution < -0.4 is 16.0 Å². The molecule has 180 valence electrons. The van der Waals surface area contributed by atoms with Crippen LogP contribution in [0.25, 0.3) is 0 Å². The van der Waals surface area contributed by atoms with Gasteiger partial charge in [-0.2, -0.15) is 13.2 Å². The van der Waals surface area contributed by atoms with Crippen LogP contribution in [0.2, 0.25) is 0 Å². The predicted octanol–water partition coefficient (Wildman–Crippen LogP) is 4.22. The van der Waals surface area contributed by atoms with E-state index in [0.717, 1.165) is 56.8 Å². The van der Waals surface area contributed by atoms with Crippen LogP contribution in [0.4, 0.5) is 17.6 Å². The summed E-state index contributed by atoms with van der Waals surface area (Å²) in [6.45, 7) is 4.32. The molecule has 1 atom stereocenters. The fourth-order valence-electron chi connectivity index (χ4n) is 3.86. The monoisotopic (exact) mass is 459 g/mol. The number of alkyl halides is 4. The lowest BCUT2D eigenvalue weighted by Crippen LogP contribution is -2.40. The molecule has 32 heavy (non-hydrogen) atoms. The Bertz CT molecular complexity index is 762. The van der Waals surface area contributed by atoms with Gasteiger partial charge in [-0.3, -0.25) is 9.59 Å². The van der Waals surface area contributed by atoms with Gasteiger partial charge < -0.3 is 16.0 Å². The molecule has 0 aliphatic heterocycles. The van der Waals surface area contributed by atoms with Gasteiger partial charge in [-0.05, 0) is 81.2 Å². The predicted molar refractivity (Wildman–Crippen MR) is 115 cm³/mol. The first kappa shape index (κ1) is 26.1. The molecule has 0 bridgehead atoms. The molecule has 1 saturated carbocycles. The quantitative estimate of drug-likeness (QED) is 0.459. The molecule has 2 amide bonds. The summed E-state index contributed by atoms with van der Waals surface area (Å²) < 4.78 is 51.9. The Labute approximate surface area is 186 Å². The largest absolute Gasteiger partial charge is 0.416 e. The average molecular weight is 460 g/mol. The molecule has 1 aliphatic rings. The van der Waals surface area contributed by atoms with E-state index in [9.17, 15) is 27.2 Å². The van der Waals surface area contributed by atoms with E-state index in [1.54, 1.807) is 0 Å². The molecule has 0 saturated heterocycles. The van der Waals surface area contributed by atoms with Crippen molar-refractivity contribution in [3.05, 3.63) is 34.9 Å². The number of hydrogen-bond acceptors (Lipinski definition) is 3. The van der Waals surface area contributed by atoms with Crippen LogP contribution in [0.5, 0.6) is 0 Å². The molecular weight excluding hydrogens is 426 g/mol. The maximum Gasteiger partial charge on any atom is 0.416 e. The van der Waals surface area contributed by atoms with Crippen molar-refractivity contribution < 1.29 is 27.2 Å². The number of hydrogen-bond donors (Lipinski definition) is 3. The van der Waals surface area contributed by atoms with E-state index in [-0.39, 0.29) is 35.5 Å².